The van der Waals surface area contributed by atoms with Crippen molar-refractivity contribution in [3.63, 3.8) is 0 Å². The number of carbonyl (C=O) groups excluding carboxylic acids is 1. The molecule has 0 atom stereocenters. The minimum Gasteiger partial charge on any atom is -0.325 e. The second kappa shape index (κ2) is 8.32. The molecule has 9 heteroatoms. The van der Waals surface area contributed by atoms with Gasteiger partial charge in [0.15, 0.2) is 5.16 Å². The topological polar surface area (TPSA) is 54.9 Å². The Bertz CT molecular complexity index is 989. The molecule has 28 heavy (non-hydrogen) atoms. The molecule has 146 valence electrons. The first-order chi connectivity index (χ1) is 13.2. The number of carbonyl (C=O) groups is 1. The largest absolute Gasteiger partial charge is 0.433 e. The van der Waals surface area contributed by atoms with Gasteiger partial charge in [-0.2, -0.15) is 13.2 Å². The van der Waals surface area contributed by atoms with Crippen molar-refractivity contribution in [3.8, 4) is 10.6 Å². The normalized spacial score (nSPS) is 11.5. The third kappa shape index (κ3) is 5.11. The fourth-order valence-corrected chi connectivity index (χ4v) is 3.80. The highest BCUT2D eigenvalue weighted by molar-refractivity contribution is 7.99. The molecule has 1 aromatic carbocycles. The predicted octanol–water partition coefficient (Wildman–Crippen LogP) is 5.57. The number of aromatic nitrogens is 2. The number of amides is 1. The van der Waals surface area contributed by atoms with Gasteiger partial charge in [-0.3, -0.25) is 4.79 Å². The molecule has 0 radical (unpaired) electrons. The van der Waals surface area contributed by atoms with Crippen LogP contribution < -0.4 is 5.32 Å². The van der Waals surface area contributed by atoms with Gasteiger partial charge in [0.2, 0.25) is 5.91 Å². The van der Waals surface area contributed by atoms with Gasteiger partial charge in [-0.1, -0.05) is 35.5 Å². The Morgan fingerprint density at radius 1 is 1.18 bits per heavy atom. The van der Waals surface area contributed by atoms with E-state index < -0.39 is 11.9 Å². The van der Waals surface area contributed by atoms with E-state index in [-0.39, 0.29) is 22.5 Å². The molecular weight excluding hydrogens is 407 g/mol. The summed E-state index contributed by atoms with van der Waals surface area (Å²) in [7, 11) is 0. The summed E-state index contributed by atoms with van der Waals surface area (Å²) < 4.78 is 39.5. The van der Waals surface area contributed by atoms with Crippen LogP contribution in [0.4, 0.5) is 18.9 Å². The van der Waals surface area contributed by atoms with E-state index in [0.29, 0.717) is 10.6 Å². The first-order valence-electron chi connectivity index (χ1n) is 8.22. The first kappa shape index (κ1) is 20.3. The van der Waals surface area contributed by atoms with Crippen molar-refractivity contribution < 1.29 is 18.0 Å². The molecular formula is C19H16F3N3OS2. The van der Waals surface area contributed by atoms with Gasteiger partial charge < -0.3 is 5.32 Å². The minimum absolute atomic E-state index is 0.0889. The Morgan fingerprint density at radius 2 is 1.96 bits per heavy atom. The maximum Gasteiger partial charge on any atom is 0.433 e. The molecule has 3 aromatic rings. The Labute approximate surface area is 168 Å². The predicted molar refractivity (Wildman–Crippen MR) is 106 cm³/mol. The number of hydrogen-bond acceptors (Lipinski definition) is 5. The van der Waals surface area contributed by atoms with Crippen LogP contribution in [0.2, 0.25) is 0 Å². The lowest BCUT2D eigenvalue weighted by atomic mass is 10.1. The van der Waals surface area contributed by atoms with E-state index in [1.54, 1.807) is 23.6 Å². The Kier molecular flexibility index (Phi) is 6.04. The number of benzene rings is 1. The van der Waals surface area contributed by atoms with Crippen LogP contribution in [-0.2, 0) is 11.0 Å². The van der Waals surface area contributed by atoms with Crippen LogP contribution in [0.25, 0.3) is 10.6 Å². The number of halogens is 3. The Balaban J connectivity index is 1.76. The summed E-state index contributed by atoms with van der Waals surface area (Å²) in [6, 6.07) is 9.95. The summed E-state index contributed by atoms with van der Waals surface area (Å²) in [5.74, 6) is -0.436. The van der Waals surface area contributed by atoms with Gasteiger partial charge in [0, 0.05) is 5.69 Å². The molecule has 4 nitrogen and oxygen atoms in total. The second-order valence-corrected chi connectivity index (χ2v) is 7.94. The third-order valence-electron chi connectivity index (χ3n) is 3.76. The molecule has 0 aliphatic carbocycles. The van der Waals surface area contributed by atoms with Gasteiger partial charge in [0.05, 0.1) is 16.3 Å². The molecule has 0 spiro atoms. The van der Waals surface area contributed by atoms with Gasteiger partial charge >= 0.3 is 6.18 Å². The highest BCUT2D eigenvalue weighted by atomic mass is 32.2. The molecule has 2 aromatic heterocycles. The van der Waals surface area contributed by atoms with Gasteiger partial charge in [-0.25, -0.2) is 9.97 Å². The smallest absolute Gasteiger partial charge is 0.325 e. The van der Waals surface area contributed by atoms with Crippen molar-refractivity contribution in [2.24, 2.45) is 0 Å². The number of thioether (sulfide) groups is 1. The third-order valence-corrected chi connectivity index (χ3v) is 5.50. The molecule has 0 aliphatic rings. The van der Waals surface area contributed by atoms with Gasteiger partial charge in [-0.15, -0.1) is 11.3 Å². The zero-order chi connectivity index (χ0) is 20.3. The number of thiophene rings is 1. The molecule has 0 saturated heterocycles. The fraction of sp³-hybridized carbons (Fsp3) is 0.211. The molecule has 0 bridgehead atoms. The van der Waals surface area contributed by atoms with E-state index in [1.807, 2.05) is 26.0 Å². The number of anilines is 1. The van der Waals surface area contributed by atoms with Crippen LogP contribution in [-0.4, -0.2) is 21.6 Å². The molecule has 0 saturated carbocycles. The Morgan fingerprint density at radius 3 is 2.61 bits per heavy atom. The molecule has 0 fully saturated rings. The van der Waals surface area contributed by atoms with Crippen molar-refractivity contribution in [2.45, 2.75) is 25.2 Å². The number of nitrogens with one attached hydrogen (secondary N) is 1. The SMILES string of the molecule is Cc1ccc(NC(=O)CSc2nc(-c3cccs3)cc(C(F)(F)F)n2)c(C)c1. The molecule has 1 N–H and O–H groups in total. The summed E-state index contributed by atoms with van der Waals surface area (Å²) in [4.78, 5) is 20.6. The van der Waals surface area contributed by atoms with Crippen LogP contribution in [0.1, 0.15) is 16.8 Å². The standard InChI is InChI=1S/C19H16F3N3OS2/c1-11-5-6-13(12(2)8-11)23-17(26)10-28-18-24-14(15-4-3-7-27-15)9-16(25-18)19(20,21)22/h3-9H,10H2,1-2H3,(H,23,26). The van der Waals surface area contributed by atoms with E-state index >= 15 is 0 Å². The monoisotopic (exact) mass is 423 g/mol. The molecule has 0 unspecified atom stereocenters. The van der Waals surface area contributed by atoms with Crippen LogP contribution in [0.5, 0.6) is 0 Å². The number of alkyl halides is 3. The van der Waals surface area contributed by atoms with E-state index in [4.69, 9.17) is 0 Å². The lowest BCUT2D eigenvalue weighted by molar-refractivity contribution is -0.141. The highest BCUT2D eigenvalue weighted by Crippen LogP contribution is 2.33. The number of hydrogen-bond donors (Lipinski definition) is 1. The molecule has 2 heterocycles. The minimum atomic E-state index is -4.59. The van der Waals surface area contributed by atoms with Crippen molar-refractivity contribution in [1.29, 1.82) is 0 Å². The van der Waals surface area contributed by atoms with Crippen LogP contribution >= 0.6 is 23.1 Å². The number of aryl methyl sites for hydroxylation is 2. The van der Waals surface area contributed by atoms with E-state index in [0.717, 1.165) is 29.0 Å². The van der Waals surface area contributed by atoms with Crippen molar-refractivity contribution in [1.82, 2.24) is 9.97 Å². The van der Waals surface area contributed by atoms with Crippen LogP contribution in [0, 0.1) is 13.8 Å². The number of rotatable bonds is 5. The maximum atomic E-state index is 13.2. The van der Waals surface area contributed by atoms with Crippen molar-refractivity contribution in [2.75, 3.05) is 11.1 Å². The van der Waals surface area contributed by atoms with Gasteiger partial charge in [-0.05, 0) is 43.0 Å². The van der Waals surface area contributed by atoms with Crippen LogP contribution in [0.3, 0.4) is 0 Å². The summed E-state index contributed by atoms with van der Waals surface area (Å²) in [6.45, 7) is 3.82. The zero-order valence-electron chi connectivity index (χ0n) is 15.0. The lowest BCUT2D eigenvalue weighted by Crippen LogP contribution is -2.16. The second-order valence-electron chi connectivity index (χ2n) is 6.05. The summed E-state index contributed by atoms with van der Waals surface area (Å²) in [5.41, 5.74) is 1.82. The first-order valence-corrected chi connectivity index (χ1v) is 10.1. The van der Waals surface area contributed by atoms with E-state index in [2.05, 4.69) is 15.3 Å². The van der Waals surface area contributed by atoms with Crippen molar-refractivity contribution >= 4 is 34.7 Å². The molecule has 1 amide bonds. The van der Waals surface area contributed by atoms with Crippen molar-refractivity contribution in [3.05, 3.63) is 58.6 Å². The quantitative estimate of drug-likeness (QED) is 0.430. The highest BCUT2D eigenvalue weighted by Gasteiger charge is 2.34. The van der Waals surface area contributed by atoms with E-state index in [1.165, 1.54) is 11.3 Å². The zero-order valence-corrected chi connectivity index (χ0v) is 16.6. The van der Waals surface area contributed by atoms with Gasteiger partial charge in [0.1, 0.15) is 5.69 Å². The maximum absolute atomic E-state index is 13.2. The summed E-state index contributed by atoms with van der Waals surface area (Å²) in [6.07, 6.45) is -4.59. The van der Waals surface area contributed by atoms with Gasteiger partial charge in [0.25, 0.3) is 0 Å². The van der Waals surface area contributed by atoms with Crippen LogP contribution in [0.15, 0.2) is 46.9 Å². The lowest BCUT2D eigenvalue weighted by Gasteiger charge is -2.11. The van der Waals surface area contributed by atoms with E-state index in [9.17, 15) is 18.0 Å². The fourth-order valence-electron chi connectivity index (χ4n) is 2.46. The number of nitrogens with zero attached hydrogens (tertiary/aromatic N) is 2. The Hall–Kier alpha value is -2.39. The summed E-state index contributed by atoms with van der Waals surface area (Å²) >= 11 is 2.16. The molecule has 3 rings (SSSR count). The average Bonchev–Trinajstić information content (AvgIpc) is 3.16. The average molecular weight is 423 g/mol. The molecule has 0 aliphatic heterocycles. The summed E-state index contributed by atoms with van der Waals surface area (Å²) in [5, 5.41) is 4.43.